The summed E-state index contributed by atoms with van der Waals surface area (Å²) in [5, 5.41) is 6.14. The first-order chi connectivity index (χ1) is 16.2. The minimum atomic E-state index is -3.86. The average molecular weight is 516 g/mol. The number of hydrogen-bond acceptors (Lipinski definition) is 7. The predicted octanol–water partition coefficient (Wildman–Crippen LogP) is 4.30. The van der Waals surface area contributed by atoms with Crippen molar-refractivity contribution in [2.24, 2.45) is 5.14 Å². The zero-order valence-electron chi connectivity index (χ0n) is 17.7. The summed E-state index contributed by atoms with van der Waals surface area (Å²) in [6, 6.07) is 11.2. The fraction of sp³-hybridized carbons (Fsp3) is 0.174. The van der Waals surface area contributed by atoms with Crippen LogP contribution in [-0.2, 0) is 14.8 Å². The second-order valence-corrected chi connectivity index (χ2v) is 10.5. The normalized spacial score (nSPS) is 18.0. The molecule has 0 saturated carbocycles. The number of anilines is 3. The van der Waals surface area contributed by atoms with Gasteiger partial charge in [-0.2, -0.15) is 0 Å². The number of nitrogen functional groups attached to an aromatic ring is 1. The number of ketones is 1. The molecule has 2 aromatic carbocycles. The van der Waals surface area contributed by atoms with Crippen LogP contribution in [0, 0.1) is 0 Å². The number of benzene rings is 2. The molecule has 0 amide bonds. The average Bonchev–Trinajstić information content (AvgIpc) is 2.78. The van der Waals surface area contributed by atoms with Crippen molar-refractivity contribution < 1.29 is 13.2 Å². The minimum absolute atomic E-state index is 0.0164. The summed E-state index contributed by atoms with van der Waals surface area (Å²) in [5.41, 5.74) is 9.55. The fourth-order valence-electron chi connectivity index (χ4n) is 4.64. The second kappa shape index (κ2) is 8.35. The number of rotatable bonds is 3. The lowest BCUT2D eigenvalue weighted by Crippen LogP contribution is -2.34. The maximum absolute atomic E-state index is 13.3. The standard InChI is InChI=1S/C23H19Cl2N5O3S/c24-12-4-9-15(16(25)10-12)19-20-17(2-1-3-18(20)31)30(23-21(19)22(26)28-11-29-23)13-5-7-14(8-6-13)34(27,32)33/h4-11,19H,1-3H2,(H2,26,28,29)(H2,27,32,33). The van der Waals surface area contributed by atoms with Gasteiger partial charge in [0.25, 0.3) is 0 Å². The van der Waals surface area contributed by atoms with Crippen molar-refractivity contribution in [1.29, 1.82) is 0 Å². The van der Waals surface area contributed by atoms with E-state index in [9.17, 15) is 13.2 Å². The molecule has 0 saturated heterocycles. The Morgan fingerprint density at radius 2 is 1.76 bits per heavy atom. The molecule has 8 nitrogen and oxygen atoms in total. The van der Waals surface area contributed by atoms with Gasteiger partial charge >= 0.3 is 0 Å². The monoisotopic (exact) mass is 515 g/mol. The molecule has 1 aliphatic heterocycles. The quantitative estimate of drug-likeness (QED) is 0.530. The van der Waals surface area contributed by atoms with Gasteiger partial charge in [-0.1, -0.05) is 29.3 Å². The van der Waals surface area contributed by atoms with Gasteiger partial charge < -0.3 is 5.73 Å². The summed E-state index contributed by atoms with van der Waals surface area (Å²) in [5.74, 6) is 0.137. The molecule has 0 spiro atoms. The van der Waals surface area contributed by atoms with Gasteiger partial charge in [0, 0.05) is 44.9 Å². The van der Waals surface area contributed by atoms with Gasteiger partial charge in [-0.25, -0.2) is 23.5 Å². The highest BCUT2D eigenvalue weighted by atomic mass is 35.5. The first kappa shape index (κ1) is 22.8. The maximum Gasteiger partial charge on any atom is 0.238 e. The fourth-order valence-corrected chi connectivity index (χ4v) is 5.68. The number of fused-ring (bicyclic) bond motifs is 1. The van der Waals surface area contributed by atoms with Crippen LogP contribution in [0.5, 0.6) is 0 Å². The third-order valence-corrected chi connectivity index (χ3v) is 7.57. The molecule has 1 unspecified atom stereocenters. The number of carbonyl (C=O) groups excluding carboxylic acids is 1. The molecular weight excluding hydrogens is 497 g/mol. The Labute approximate surface area is 206 Å². The Kier molecular flexibility index (Phi) is 5.60. The van der Waals surface area contributed by atoms with Gasteiger partial charge in [-0.15, -0.1) is 0 Å². The van der Waals surface area contributed by atoms with Crippen LogP contribution >= 0.6 is 23.2 Å². The summed E-state index contributed by atoms with van der Waals surface area (Å²) in [6.07, 6.45) is 3.03. The number of allylic oxidation sites excluding steroid dienone is 2. The molecule has 2 heterocycles. The Hall–Kier alpha value is -2.98. The lowest BCUT2D eigenvalue weighted by molar-refractivity contribution is -0.116. The molecule has 174 valence electrons. The molecule has 1 aliphatic carbocycles. The van der Waals surface area contributed by atoms with Gasteiger partial charge in [0.05, 0.1) is 4.90 Å². The zero-order chi connectivity index (χ0) is 24.2. The van der Waals surface area contributed by atoms with E-state index >= 15 is 0 Å². The van der Waals surface area contributed by atoms with E-state index in [0.717, 1.165) is 5.70 Å². The van der Waals surface area contributed by atoms with Crippen LogP contribution < -0.4 is 15.8 Å². The van der Waals surface area contributed by atoms with Crippen molar-refractivity contribution >= 4 is 56.3 Å². The van der Waals surface area contributed by atoms with E-state index in [0.29, 0.717) is 57.5 Å². The van der Waals surface area contributed by atoms with E-state index in [-0.39, 0.29) is 16.5 Å². The van der Waals surface area contributed by atoms with Crippen LogP contribution in [0.15, 0.2) is 65.0 Å². The lowest BCUT2D eigenvalue weighted by Gasteiger charge is -2.40. The molecule has 0 radical (unpaired) electrons. The molecule has 5 rings (SSSR count). The number of Topliss-reactive ketones (excluding diaryl/α,β-unsaturated/α-hetero) is 1. The highest BCUT2D eigenvalue weighted by molar-refractivity contribution is 7.89. The van der Waals surface area contributed by atoms with E-state index in [1.54, 1.807) is 30.3 Å². The van der Waals surface area contributed by atoms with Crippen LogP contribution in [0.25, 0.3) is 0 Å². The van der Waals surface area contributed by atoms with E-state index in [2.05, 4.69) is 9.97 Å². The number of aromatic nitrogens is 2. The summed E-state index contributed by atoms with van der Waals surface area (Å²) in [4.78, 5) is 23.9. The number of nitrogens with two attached hydrogens (primary N) is 2. The van der Waals surface area contributed by atoms with E-state index in [4.69, 9.17) is 34.1 Å². The molecular formula is C23H19Cl2N5O3S. The van der Waals surface area contributed by atoms with Crippen LogP contribution in [0.1, 0.15) is 36.3 Å². The smallest absolute Gasteiger partial charge is 0.238 e. The van der Waals surface area contributed by atoms with Crippen LogP contribution in [0.2, 0.25) is 10.0 Å². The summed E-state index contributed by atoms with van der Waals surface area (Å²) in [6.45, 7) is 0. The number of carbonyl (C=O) groups is 1. The second-order valence-electron chi connectivity index (χ2n) is 8.11. The van der Waals surface area contributed by atoms with E-state index in [1.165, 1.54) is 18.5 Å². The van der Waals surface area contributed by atoms with Gasteiger partial charge in [-0.05, 0) is 54.8 Å². The molecule has 11 heteroatoms. The number of nitrogens with zero attached hydrogens (tertiary/aromatic N) is 3. The zero-order valence-corrected chi connectivity index (χ0v) is 20.0. The van der Waals surface area contributed by atoms with Crippen molar-refractivity contribution in [3.05, 3.63) is 81.2 Å². The van der Waals surface area contributed by atoms with Crippen LogP contribution in [0.4, 0.5) is 17.3 Å². The first-order valence-electron chi connectivity index (χ1n) is 10.4. The van der Waals surface area contributed by atoms with Crippen LogP contribution in [-0.4, -0.2) is 24.2 Å². The Morgan fingerprint density at radius 1 is 1.03 bits per heavy atom. The van der Waals surface area contributed by atoms with Crippen molar-refractivity contribution in [1.82, 2.24) is 9.97 Å². The Bertz CT molecular complexity index is 1470. The van der Waals surface area contributed by atoms with Gasteiger partial charge in [0.2, 0.25) is 10.0 Å². The molecule has 0 fully saturated rings. The van der Waals surface area contributed by atoms with Crippen molar-refractivity contribution in [2.45, 2.75) is 30.1 Å². The maximum atomic E-state index is 13.3. The largest absolute Gasteiger partial charge is 0.383 e. The minimum Gasteiger partial charge on any atom is -0.383 e. The number of hydrogen-bond donors (Lipinski definition) is 2. The number of halogens is 2. The first-order valence-corrected chi connectivity index (χ1v) is 12.7. The highest BCUT2D eigenvalue weighted by Gasteiger charge is 2.42. The van der Waals surface area contributed by atoms with Crippen molar-refractivity contribution in [2.75, 3.05) is 10.6 Å². The molecule has 2 aliphatic rings. The Balaban J connectivity index is 1.79. The summed E-state index contributed by atoms with van der Waals surface area (Å²) >= 11 is 12.7. The third-order valence-electron chi connectivity index (χ3n) is 6.08. The molecule has 1 atom stereocenters. The molecule has 0 bridgehead atoms. The summed E-state index contributed by atoms with van der Waals surface area (Å²) in [7, 11) is -3.86. The van der Waals surface area contributed by atoms with E-state index in [1.807, 2.05) is 4.90 Å². The molecule has 1 aromatic heterocycles. The van der Waals surface area contributed by atoms with Crippen molar-refractivity contribution in [3.63, 3.8) is 0 Å². The number of sulfonamides is 1. The molecule has 34 heavy (non-hydrogen) atoms. The van der Waals surface area contributed by atoms with Gasteiger partial charge in [0.15, 0.2) is 5.78 Å². The van der Waals surface area contributed by atoms with Crippen LogP contribution in [0.3, 0.4) is 0 Å². The Morgan fingerprint density at radius 3 is 2.44 bits per heavy atom. The van der Waals surface area contributed by atoms with Gasteiger partial charge in [0.1, 0.15) is 18.0 Å². The highest BCUT2D eigenvalue weighted by Crippen LogP contribution is 2.52. The van der Waals surface area contributed by atoms with Crippen molar-refractivity contribution in [3.8, 4) is 0 Å². The number of primary sulfonamides is 1. The molecule has 4 N–H and O–H groups in total. The lowest BCUT2D eigenvalue weighted by atomic mass is 9.75. The topological polar surface area (TPSA) is 132 Å². The third kappa shape index (κ3) is 3.74. The SMILES string of the molecule is Nc1ncnc2c1C(c1ccc(Cl)cc1Cl)C1=C(CCCC1=O)N2c1ccc(S(N)(=O)=O)cc1. The van der Waals surface area contributed by atoms with Gasteiger partial charge in [-0.3, -0.25) is 9.69 Å². The predicted molar refractivity (Wildman–Crippen MR) is 131 cm³/mol. The summed E-state index contributed by atoms with van der Waals surface area (Å²) < 4.78 is 23.5. The van der Waals surface area contributed by atoms with E-state index < -0.39 is 15.9 Å². The molecule has 3 aromatic rings.